The van der Waals surface area contributed by atoms with Gasteiger partial charge in [0.1, 0.15) is 11.2 Å². The first kappa shape index (κ1) is 20.3. The van der Waals surface area contributed by atoms with Gasteiger partial charge in [-0.05, 0) is 31.2 Å². The Hall–Kier alpha value is -4.05. The number of fused-ring (bicyclic) bond motifs is 4. The molecule has 4 heteroatoms. The zero-order valence-electron chi connectivity index (χ0n) is 19.0. The van der Waals surface area contributed by atoms with Gasteiger partial charge >= 0.3 is 5.97 Å². The highest BCUT2D eigenvalue weighted by Crippen LogP contribution is 2.67. The van der Waals surface area contributed by atoms with Crippen LogP contribution >= 0.6 is 0 Å². The van der Waals surface area contributed by atoms with Crippen LogP contribution in [0, 0.1) is 5.41 Å². The highest BCUT2D eigenvalue weighted by atomic mass is 16.5. The van der Waals surface area contributed by atoms with Crippen molar-refractivity contribution < 1.29 is 19.1 Å². The number of Topliss-reactive ketones (excluding diaryl/α,β-unsaturated/α-hetero) is 2. The van der Waals surface area contributed by atoms with Crippen molar-refractivity contribution >= 4 is 23.3 Å². The van der Waals surface area contributed by atoms with Crippen molar-refractivity contribution in [3.05, 3.63) is 124 Å². The van der Waals surface area contributed by atoms with Crippen LogP contribution in [0.25, 0.3) is 5.76 Å². The molecule has 0 N–H and O–H groups in total. The van der Waals surface area contributed by atoms with Gasteiger partial charge in [-0.3, -0.25) is 14.4 Å². The molecule has 1 saturated carbocycles. The Bertz CT molecular complexity index is 1510. The summed E-state index contributed by atoms with van der Waals surface area (Å²) in [5.41, 5.74) is 3.10. The van der Waals surface area contributed by atoms with E-state index in [1.54, 1.807) is 24.3 Å². The fourth-order valence-corrected chi connectivity index (χ4v) is 6.53. The lowest BCUT2D eigenvalue weighted by molar-refractivity contribution is -0.141. The number of rotatable bonds is 3. The maximum absolute atomic E-state index is 14.1. The molecule has 1 aliphatic heterocycles. The predicted octanol–water partition coefficient (Wildman–Crippen LogP) is 5.84. The standard InChI is InChI=1S/C31H22O4/c32-26(19-9-3-1-4-10-19)25-28(20-11-5-2-6-12-20)35-29(34)31(25)16-15-23-24(31)27(33)21-13-7-8-14-22(21)30(23)17-18-30/h1-14H,15-18H2/t31-/m1/s1. The molecule has 4 aliphatic rings. The minimum atomic E-state index is -1.38. The summed E-state index contributed by atoms with van der Waals surface area (Å²) >= 11 is 0. The second-order valence-electron chi connectivity index (χ2n) is 9.87. The Morgan fingerprint density at radius 3 is 2.14 bits per heavy atom. The molecule has 35 heavy (non-hydrogen) atoms. The SMILES string of the molecule is O=C(C1=C(c2ccccc2)OC(=O)[C@@]12CCC1=C2C(=O)c2ccccc2C12CC2)c1ccccc1. The number of carbonyl (C=O) groups is 3. The number of cyclic esters (lactones) is 1. The predicted molar refractivity (Wildman–Crippen MR) is 131 cm³/mol. The summed E-state index contributed by atoms with van der Waals surface area (Å²) in [6.07, 6.45) is 2.90. The largest absolute Gasteiger partial charge is 0.424 e. The van der Waals surface area contributed by atoms with E-state index in [1.807, 2.05) is 60.7 Å². The van der Waals surface area contributed by atoms with Gasteiger partial charge in [-0.1, -0.05) is 90.5 Å². The topological polar surface area (TPSA) is 60.4 Å². The second kappa shape index (κ2) is 6.98. The fourth-order valence-electron chi connectivity index (χ4n) is 6.53. The van der Waals surface area contributed by atoms with Gasteiger partial charge in [-0.25, -0.2) is 0 Å². The van der Waals surface area contributed by atoms with E-state index in [-0.39, 0.29) is 22.7 Å². The molecule has 1 heterocycles. The molecule has 1 atom stereocenters. The molecule has 3 aromatic carbocycles. The maximum atomic E-state index is 14.1. The number of esters is 1. The van der Waals surface area contributed by atoms with Crippen molar-refractivity contribution in [3.63, 3.8) is 0 Å². The van der Waals surface area contributed by atoms with E-state index in [1.165, 1.54) is 0 Å². The molecule has 0 bridgehead atoms. The summed E-state index contributed by atoms with van der Waals surface area (Å²) in [6, 6.07) is 26.0. The lowest BCUT2D eigenvalue weighted by atomic mass is 9.66. The Balaban J connectivity index is 1.51. The van der Waals surface area contributed by atoms with Gasteiger partial charge in [0.25, 0.3) is 0 Å². The summed E-state index contributed by atoms with van der Waals surface area (Å²) in [5, 5.41) is 0. The van der Waals surface area contributed by atoms with Crippen molar-refractivity contribution in [2.45, 2.75) is 31.1 Å². The summed E-state index contributed by atoms with van der Waals surface area (Å²) in [5.74, 6) is -0.644. The quantitative estimate of drug-likeness (QED) is 0.365. The molecule has 0 saturated heterocycles. The smallest absolute Gasteiger partial charge is 0.326 e. The van der Waals surface area contributed by atoms with Crippen LogP contribution in [-0.2, 0) is 14.9 Å². The van der Waals surface area contributed by atoms with Gasteiger partial charge in [-0.15, -0.1) is 0 Å². The summed E-state index contributed by atoms with van der Waals surface area (Å²) in [6.45, 7) is 0. The lowest BCUT2D eigenvalue weighted by Crippen LogP contribution is -2.38. The molecule has 170 valence electrons. The number of hydrogen-bond acceptors (Lipinski definition) is 4. The third-order valence-corrected chi connectivity index (χ3v) is 8.22. The molecule has 0 aromatic heterocycles. The number of carbonyl (C=O) groups excluding carboxylic acids is 3. The van der Waals surface area contributed by atoms with Crippen molar-refractivity contribution in [1.82, 2.24) is 0 Å². The van der Waals surface area contributed by atoms with E-state index in [9.17, 15) is 14.4 Å². The van der Waals surface area contributed by atoms with Gasteiger partial charge < -0.3 is 4.74 Å². The van der Waals surface area contributed by atoms with E-state index in [0.717, 1.165) is 24.0 Å². The summed E-state index contributed by atoms with van der Waals surface area (Å²) < 4.78 is 5.95. The van der Waals surface area contributed by atoms with Crippen molar-refractivity contribution in [3.8, 4) is 0 Å². The monoisotopic (exact) mass is 458 g/mol. The Labute approximate surface area is 202 Å². The van der Waals surface area contributed by atoms with Crippen molar-refractivity contribution in [2.24, 2.45) is 5.41 Å². The first-order valence-corrected chi connectivity index (χ1v) is 12.1. The van der Waals surface area contributed by atoms with E-state index < -0.39 is 11.4 Å². The van der Waals surface area contributed by atoms with Gasteiger partial charge in [0.15, 0.2) is 11.6 Å². The van der Waals surface area contributed by atoms with Crippen LogP contribution in [-0.4, -0.2) is 17.5 Å². The minimum absolute atomic E-state index is 0.143. The van der Waals surface area contributed by atoms with Crippen molar-refractivity contribution in [1.29, 1.82) is 0 Å². The molecule has 0 amide bonds. The third kappa shape index (κ3) is 2.54. The molecular weight excluding hydrogens is 436 g/mol. The zero-order chi connectivity index (χ0) is 23.8. The first-order valence-electron chi connectivity index (χ1n) is 12.1. The highest BCUT2D eigenvalue weighted by Gasteiger charge is 2.66. The average Bonchev–Trinajstić information content (AvgIpc) is 3.52. The van der Waals surface area contributed by atoms with Gasteiger partial charge in [0.2, 0.25) is 0 Å². The summed E-state index contributed by atoms with van der Waals surface area (Å²) in [4.78, 5) is 42.1. The van der Waals surface area contributed by atoms with Crippen LogP contribution < -0.4 is 0 Å². The van der Waals surface area contributed by atoms with E-state index in [0.29, 0.717) is 40.7 Å². The molecular formula is C31H22O4. The van der Waals surface area contributed by atoms with Crippen molar-refractivity contribution in [2.75, 3.05) is 0 Å². The van der Waals surface area contributed by atoms with Crippen LogP contribution in [0.5, 0.6) is 0 Å². The van der Waals surface area contributed by atoms with Crippen LogP contribution in [0.4, 0.5) is 0 Å². The normalized spacial score (nSPS) is 23.5. The Morgan fingerprint density at radius 1 is 0.771 bits per heavy atom. The van der Waals surface area contributed by atoms with Crippen LogP contribution in [0.15, 0.2) is 102 Å². The van der Waals surface area contributed by atoms with Crippen LogP contribution in [0.1, 0.15) is 57.5 Å². The summed E-state index contributed by atoms with van der Waals surface area (Å²) in [7, 11) is 0. The molecule has 0 radical (unpaired) electrons. The number of ether oxygens (including phenoxy) is 1. The average molecular weight is 459 g/mol. The number of allylic oxidation sites excluding steroid dienone is 1. The number of hydrogen-bond donors (Lipinski definition) is 0. The molecule has 3 aliphatic carbocycles. The molecule has 2 spiro atoms. The molecule has 1 fully saturated rings. The fraction of sp³-hybridized carbons (Fsp3) is 0.194. The van der Waals surface area contributed by atoms with Crippen LogP contribution in [0.2, 0.25) is 0 Å². The van der Waals surface area contributed by atoms with E-state index >= 15 is 0 Å². The first-order chi connectivity index (χ1) is 17.1. The zero-order valence-corrected chi connectivity index (χ0v) is 19.0. The van der Waals surface area contributed by atoms with Gasteiger partial charge in [0.05, 0.1) is 5.57 Å². The Kier molecular flexibility index (Phi) is 4.06. The Morgan fingerprint density at radius 2 is 1.43 bits per heavy atom. The number of ketones is 2. The van der Waals surface area contributed by atoms with Crippen LogP contribution in [0.3, 0.4) is 0 Å². The van der Waals surface area contributed by atoms with E-state index in [4.69, 9.17) is 4.74 Å². The number of benzene rings is 3. The molecule has 0 unspecified atom stereocenters. The van der Waals surface area contributed by atoms with Gasteiger partial charge in [-0.2, -0.15) is 0 Å². The third-order valence-electron chi connectivity index (χ3n) is 8.22. The molecule has 3 aromatic rings. The second-order valence-corrected chi connectivity index (χ2v) is 9.87. The molecule has 7 rings (SSSR count). The van der Waals surface area contributed by atoms with E-state index in [2.05, 4.69) is 0 Å². The maximum Gasteiger partial charge on any atom is 0.326 e. The molecule has 4 nitrogen and oxygen atoms in total. The highest BCUT2D eigenvalue weighted by molar-refractivity contribution is 6.26. The minimum Gasteiger partial charge on any atom is -0.424 e. The lowest BCUT2D eigenvalue weighted by Gasteiger charge is -2.32. The van der Waals surface area contributed by atoms with Gasteiger partial charge in [0, 0.05) is 27.7 Å².